The summed E-state index contributed by atoms with van der Waals surface area (Å²) in [4.78, 5) is 89.3. The van der Waals surface area contributed by atoms with Crippen molar-refractivity contribution in [2.75, 3.05) is 18.9 Å². The van der Waals surface area contributed by atoms with Gasteiger partial charge in [-0.25, -0.2) is 18.3 Å². The van der Waals surface area contributed by atoms with Crippen molar-refractivity contribution in [3.8, 4) is 0 Å². The molecule has 0 bridgehead atoms. The summed E-state index contributed by atoms with van der Waals surface area (Å²) in [6.07, 6.45) is -18.0. The standard InChI is InChI=1S/C20H33NO22P4/c1-10(22)39-13(8-37-14(23)7-4-11-2-5-12(21)6-3-11)9-38-47(35,36)43-17-15(24)18(40-44(26,27)28)20(42-46(32,33)34)19(16(17)25)41-45(29,30)31/h2-3,5-6,13,15-20,24-25H,4,7-9,21H2,1H3,(H,35,36)(H2,26,27,28)(H2,29,30,31)(H2,32,33,34)/t13-,15+,16+,17?,18-,19+,20?/m1/s1. The summed E-state index contributed by atoms with van der Waals surface area (Å²) in [5.41, 5.74) is 6.83. The summed E-state index contributed by atoms with van der Waals surface area (Å²) in [6, 6.07) is 6.56. The number of anilines is 1. The first-order valence-corrected chi connectivity index (χ1v) is 18.9. The normalized spacial score (nSPS) is 25.8. The Kier molecular flexibility index (Phi) is 14.8. The SMILES string of the molecule is CC(=O)O[C@H](COC(=O)CCc1ccc(N)cc1)COP(=O)(O)OC1[C@H](O)[C@H](OP(=O)(O)O)C(OP(=O)(O)O)[C@H](OP(=O)(O)O)[C@H]1O. The van der Waals surface area contributed by atoms with E-state index in [1.807, 2.05) is 0 Å². The van der Waals surface area contributed by atoms with Crippen LogP contribution in [0.3, 0.4) is 0 Å². The Morgan fingerprint density at radius 3 is 1.66 bits per heavy atom. The number of carbonyl (C=O) groups excluding carboxylic acids is 2. The largest absolute Gasteiger partial charge is 0.472 e. The van der Waals surface area contributed by atoms with Crippen LogP contribution in [0.4, 0.5) is 5.69 Å². The number of hydrogen-bond acceptors (Lipinski definition) is 16. The van der Waals surface area contributed by atoms with E-state index in [-0.39, 0.29) is 12.8 Å². The number of rotatable bonds is 17. The van der Waals surface area contributed by atoms with Crippen LogP contribution in [-0.4, -0.2) is 112 Å². The molecule has 0 heterocycles. The molecule has 1 aromatic carbocycles. The van der Waals surface area contributed by atoms with E-state index in [1.165, 1.54) is 0 Å². The van der Waals surface area contributed by atoms with Crippen molar-refractivity contribution in [2.24, 2.45) is 0 Å². The number of nitrogen functional groups attached to an aromatic ring is 1. The van der Waals surface area contributed by atoms with E-state index in [1.54, 1.807) is 24.3 Å². The van der Waals surface area contributed by atoms with Gasteiger partial charge in [0.25, 0.3) is 0 Å². The van der Waals surface area contributed by atoms with Gasteiger partial charge in [-0.15, -0.1) is 0 Å². The maximum absolute atomic E-state index is 12.8. The quantitative estimate of drug-likeness (QED) is 0.0482. The molecule has 3 unspecified atom stereocenters. The molecule has 1 aromatic rings. The number of ether oxygens (including phenoxy) is 2. The van der Waals surface area contributed by atoms with Crippen LogP contribution in [0.2, 0.25) is 0 Å². The van der Waals surface area contributed by atoms with Crippen LogP contribution in [0.15, 0.2) is 24.3 Å². The third kappa shape index (κ3) is 15.2. The van der Waals surface area contributed by atoms with Crippen LogP contribution in [0.25, 0.3) is 0 Å². The smallest absolute Gasteiger partial charge is 0.462 e. The average Bonchev–Trinajstić information content (AvgIpc) is 2.90. The molecule has 0 aromatic heterocycles. The number of carbonyl (C=O) groups is 2. The van der Waals surface area contributed by atoms with Crippen LogP contribution in [0.5, 0.6) is 0 Å². The molecule has 1 aliphatic carbocycles. The summed E-state index contributed by atoms with van der Waals surface area (Å²) < 4.78 is 79.2. The summed E-state index contributed by atoms with van der Waals surface area (Å²) in [6.45, 7) is -0.850. The summed E-state index contributed by atoms with van der Waals surface area (Å²) in [5.74, 6) is -1.75. The van der Waals surface area contributed by atoms with Crippen molar-refractivity contribution >= 4 is 48.9 Å². The highest BCUT2D eigenvalue weighted by Gasteiger charge is 2.58. The van der Waals surface area contributed by atoms with Crippen LogP contribution >= 0.6 is 31.3 Å². The minimum atomic E-state index is -5.77. The first kappa shape index (κ1) is 41.5. The zero-order valence-electron chi connectivity index (χ0n) is 23.9. The lowest BCUT2D eigenvalue weighted by Gasteiger charge is -2.45. The molecule has 47 heavy (non-hydrogen) atoms. The Labute approximate surface area is 264 Å². The number of esters is 2. The van der Waals surface area contributed by atoms with E-state index < -0.39 is 99.2 Å². The Hall–Kier alpha value is -1.68. The van der Waals surface area contributed by atoms with Gasteiger partial charge >= 0.3 is 43.2 Å². The van der Waals surface area contributed by atoms with Gasteiger partial charge in [-0.1, -0.05) is 12.1 Å². The molecule has 0 spiro atoms. The molecule has 0 saturated heterocycles. The summed E-state index contributed by atoms with van der Waals surface area (Å²) in [5, 5.41) is 21.3. The molecule has 27 heteroatoms. The first-order chi connectivity index (χ1) is 21.4. The number of hydrogen-bond donors (Lipinski definition) is 10. The summed E-state index contributed by atoms with van der Waals surface area (Å²) in [7, 11) is -22.9. The predicted octanol–water partition coefficient (Wildman–Crippen LogP) is -1.65. The summed E-state index contributed by atoms with van der Waals surface area (Å²) >= 11 is 0. The zero-order valence-corrected chi connectivity index (χ0v) is 27.5. The van der Waals surface area contributed by atoms with Gasteiger partial charge in [-0.05, 0) is 24.1 Å². The van der Waals surface area contributed by atoms with Crippen molar-refractivity contribution in [3.05, 3.63) is 29.8 Å². The van der Waals surface area contributed by atoms with Crippen molar-refractivity contribution in [3.63, 3.8) is 0 Å². The highest BCUT2D eigenvalue weighted by atomic mass is 31.2. The van der Waals surface area contributed by atoms with E-state index in [0.717, 1.165) is 12.5 Å². The molecule has 11 N–H and O–H groups in total. The number of aliphatic hydroxyl groups excluding tert-OH is 2. The van der Waals surface area contributed by atoms with Gasteiger partial charge in [0.15, 0.2) is 6.10 Å². The molecule has 0 radical (unpaired) electrons. The second-order valence-electron chi connectivity index (χ2n) is 9.65. The fourth-order valence-corrected chi connectivity index (χ4v) is 6.67. The lowest BCUT2D eigenvalue weighted by Crippen LogP contribution is -2.65. The molecular formula is C20H33NO22P4. The van der Waals surface area contributed by atoms with E-state index >= 15 is 0 Å². The van der Waals surface area contributed by atoms with E-state index in [2.05, 4.69) is 22.6 Å². The fourth-order valence-electron chi connectivity index (χ4n) is 4.02. The maximum Gasteiger partial charge on any atom is 0.472 e. The number of nitrogens with two attached hydrogens (primary N) is 1. The van der Waals surface area contributed by atoms with Crippen molar-refractivity contribution in [1.29, 1.82) is 0 Å². The van der Waals surface area contributed by atoms with Crippen LogP contribution < -0.4 is 5.73 Å². The molecule has 1 saturated carbocycles. The predicted molar refractivity (Wildman–Crippen MR) is 149 cm³/mol. The van der Waals surface area contributed by atoms with Crippen LogP contribution in [-0.2, 0) is 66.4 Å². The van der Waals surface area contributed by atoms with Gasteiger partial charge < -0.3 is 59.7 Å². The lowest BCUT2D eigenvalue weighted by molar-refractivity contribution is -0.209. The lowest BCUT2D eigenvalue weighted by atomic mass is 9.85. The van der Waals surface area contributed by atoms with Crippen molar-refractivity contribution in [1.82, 2.24) is 0 Å². The van der Waals surface area contributed by atoms with E-state index in [4.69, 9.17) is 15.2 Å². The molecule has 23 nitrogen and oxygen atoms in total. The van der Waals surface area contributed by atoms with Gasteiger partial charge in [0, 0.05) is 19.0 Å². The molecule has 270 valence electrons. The van der Waals surface area contributed by atoms with Crippen molar-refractivity contribution < 1.29 is 104 Å². The van der Waals surface area contributed by atoms with Gasteiger partial charge in [-0.3, -0.25) is 32.2 Å². The minimum Gasteiger partial charge on any atom is -0.462 e. The van der Waals surface area contributed by atoms with Crippen molar-refractivity contribution in [2.45, 2.75) is 62.5 Å². The molecule has 1 fully saturated rings. The number of phosphoric ester groups is 4. The van der Waals surface area contributed by atoms with Crippen LogP contribution in [0.1, 0.15) is 18.9 Å². The number of aryl methyl sites for hydroxylation is 1. The van der Waals surface area contributed by atoms with Gasteiger partial charge in [0.05, 0.1) is 6.61 Å². The third-order valence-corrected chi connectivity index (χ3v) is 8.35. The topological polar surface area (TPSA) is 375 Å². The van der Waals surface area contributed by atoms with Gasteiger partial charge in [0.1, 0.15) is 43.2 Å². The Bertz CT molecular complexity index is 1370. The monoisotopic (exact) mass is 763 g/mol. The van der Waals surface area contributed by atoms with Gasteiger partial charge in [-0.2, -0.15) is 0 Å². The number of aliphatic hydroxyl groups is 2. The Morgan fingerprint density at radius 2 is 1.21 bits per heavy atom. The third-order valence-electron chi connectivity index (χ3n) is 5.81. The first-order valence-electron chi connectivity index (χ1n) is 12.8. The minimum absolute atomic E-state index is 0.140. The molecule has 1 aliphatic rings. The highest BCUT2D eigenvalue weighted by Crippen LogP contribution is 2.53. The van der Waals surface area contributed by atoms with Crippen LogP contribution in [0, 0.1) is 0 Å². The Balaban J connectivity index is 2.20. The molecule has 8 atom stereocenters. The second kappa shape index (κ2) is 16.8. The zero-order chi connectivity index (χ0) is 36.0. The molecule has 0 aliphatic heterocycles. The number of phosphoric acid groups is 4. The van der Waals surface area contributed by atoms with E-state index in [9.17, 15) is 72.3 Å². The van der Waals surface area contributed by atoms with Gasteiger partial charge in [0.2, 0.25) is 0 Å². The highest BCUT2D eigenvalue weighted by molar-refractivity contribution is 7.47. The molecule has 0 amide bonds. The second-order valence-corrected chi connectivity index (χ2v) is 14.6. The molecule has 2 rings (SSSR count). The maximum atomic E-state index is 12.8. The average molecular weight is 763 g/mol. The molecular weight excluding hydrogens is 730 g/mol. The van der Waals surface area contributed by atoms with E-state index in [0.29, 0.717) is 5.69 Å². The number of benzene rings is 1. The Morgan fingerprint density at radius 1 is 0.745 bits per heavy atom. The fraction of sp³-hybridized carbons (Fsp3) is 0.600.